The van der Waals surface area contributed by atoms with Crippen molar-refractivity contribution in [3.05, 3.63) is 53.2 Å². The quantitative estimate of drug-likeness (QED) is 0.218. The number of aromatic nitrogens is 4. The van der Waals surface area contributed by atoms with Gasteiger partial charge in [0.2, 0.25) is 0 Å². The highest BCUT2D eigenvalue weighted by atomic mass is 28.4. The Bertz CT molecular complexity index is 1210. The SMILES string of the molecule is CC(C)(C)[Si](C)(C)OCCCc1cc(NC2(c3ccc(C(F)(F)F)c(F)c3)CC2)n2ncnc2n1. The highest BCUT2D eigenvalue weighted by molar-refractivity contribution is 6.74. The first-order chi connectivity index (χ1) is 16.2. The molecule has 11 heteroatoms. The molecule has 1 fully saturated rings. The zero-order valence-corrected chi connectivity index (χ0v) is 21.6. The Morgan fingerprint density at radius 1 is 1.14 bits per heavy atom. The minimum Gasteiger partial charge on any atom is -0.417 e. The summed E-state index contributed by atoms with van der Waals surface area (Å²) >= 11 is 0. The third kappa shape index (κ3) is 5.35. The highest BCUT2D eigenvalue weighted by Gasteiger charge is 2.46. The van der Waals surface area contributed by atoms with E-state index < -0.39 is 31.4 Å². The molecule has 1 aliphatic rings. The smallest absolute Gasteiger partial charge is 0.417 e. The van der Waals surface area contributed by atoms with Crippen LogP contribution in [0.2, 0.25) is 18.1 Å². The maximum Gasteiger partial charge on any atom is 0.419 e. The summed E-state index contributed by atoms with van der Waals surface area (Å²) in [4.78, 5) is 8.78. The van der Waals surface area contributed by atoms with E-state index in [2.05, 4.69) is 54.2 Å². The number of nitrogens with one attached hydrogen (secondary N) is 1. The van der Waals surface area contributed by atoms with E-state index in [1.807, 2.05) is 6.07 Å². The largest absolute Gasteiger partial charge is 0.419 e. The van der Waals surface area contributed by atoms with Gasteiger partial charge < -0.3 is 9.74 Å². The lowest BCUT2D eigenvalue weighted by Gasteiger charge is -2.36. The molecule has 35 heavy (non-hydrogen) atoms. The molecule has 3 aromatic rings. The fourth-order valence-corrected chi connectivity index (χ4v) is 4.86. The summed E-state index contributed by atoms with van der Waals surface area (Å²) in [7, 11) is -1.83. The number of rotatable bonds is 8. The van der Waals surface area contributed by atoms with Crippen LogP contribution in [0, 0.1) is 5.82 Å². The average Bonchev–Trinajstić information content (AvgIpc) is 3.36. The van der Waals surface area contributed by atoms with E-state index in [1.165, 1.54) is 12.4 Å². The van der Waals surface area contributed by atoms with Gasteiger partial charge in [0.05, 0.1) is 11.1 Å². The molecule has 0 spiro atoms. The number of hydrogen-bond donors (Lipinski definition) is 1. The number of halogens is 4. The Kier molecular flexibility index (Phi) is 6.46. The summed E-state index contributed by atoms with van der Waals surface area (Å²) in [5.41, 5.74) is -0.644. The summed E-state index contributed by atoms with van der Waals surface area (Å²) in [6.07, 6.45) is -0.547. The summed E-state index contributed by atoms with van der Waals surface area (Å²) in [5, 5.41) is 7.75. The van der Waals surface area contributed by atoms with Gasteiger partial charge in [0.25, 0.3) is 5.78 Å². The highest BCUT2D eigenvalue weighted by Crippen LogP contribution is 2.49. The van der Waals surface area contributed by atoms with Gasteiger partial charge >= 0.3 is 6.18 Å². The maximum absolute atomic E-state index is 14.2. The number of nitrogens with zero attached hydrogens (tertiary/aromatic N) is 4. The Morgan fingerprint density at radius 3 is 2.46 bits per heavy atom. The van der Waals surface area contributed by atoms with Gasteiger partial charge in [-0.15, -0.1) is 0 Å². The second-order valence-corrected chi connectivity index (χ2v) is 15.5. The van der Waals surface area contributed by atoms with Crippen LogP contribution >= 0.6 is 0 Å². The van der Waals surface area contributed by atoms with Crippen LogP contribution in [-0.4, -0.2) is 34.5 Å². The number of fused-ring (bicyclic) bond motifs is 1. The number of aryl methyl sites for hydroxylation is 1. The summed E-state index contributed by atoms with van der Waals surface area (Å²) in [5.74, 6) is -0.235. The molecule has 0 amide bonds. The monoisotopic (exact) mass is 509 g/mol. The van der Waals surface area contributed by atoms with Crippen LogP contribution in [0.1, 0.15) is 56.9 Å². The third-order valence-corrected chi connectivity index (χ3v) is 11.6. The van der Waals surface area contributed by atoms with Crippen molar-refractivity contribution in [2.45, 2.75) is 76.3 Å². The first-order valence-corrected chi connectivity index (χ1v) is 14.6. The third-order valence-electron chi connectivity index (χ3n) is 7.10. The van der Waals surface area contributed by atoms with E-state index in [0.717, 1.165) is 24.2 Å². The fourth-order valence-electron chi connectivity index (χ4n) is 3.77. The first kappa shape index (κ1) is 25.6. The maximum atomic E-state index is 14.2. The Balaban J connectivity index is 1.51. The van der Waals surface area contributed by atoms with Crippen molar-refractivity contribution in [2.75, 3.05) is 11.9 Å². The molecule has 0 aliphatic heterocycles. The van der Waals surface area contributed by atoms with Gasteiger partial charge in [0.15, 0.2) is 8.32 Å². The molecule has 0 unspecified atom stereocenters. The van der Waals surface area contributed by atoms with E-state index in [-0.39, 0.29) is 5.04 Å². The molecule has 0 saturated heterocycles. The number of anilines is 1. The number of alkyl halides is 3. The predicted octanol–water partition coefficient (Wildman–Crippen LogP) is 6.34. The molecule has 1 N–H and O–H groups in total. The van der Waals surface area contributed by atoms with E-state index in [0.29, 0.717) is 43.0 Å². The molecule has 1 saturated carbocycles. The van der Waals surface area contributed by atoms with Crippen LogP contribution in [0.4, 0.5) is 23.4 Å². The van der Waals surface area contributed by atoms with Gasteiger partial charge in [-0.3, -0.25) is 0 Å². The molecule has 4 rings (SSSR count). The van der Waals surface area contributed by atoms with Crippen LogP contribution in [0.25, 0.3) is 5.78 Å². The van der Waals surface area contributed by atoms with Crippen molar-refractivity contribution in [2.24, 2.45) is 0 Å². The standard InChI is InChI=1S/C24H31F4N5OSi/c1-22(2,3)35(4,5)34-12-6-7-17-14-20(33-21(31-17)29-15-30-33)32-23(10-11-23)16-8-9-18(19(25)13-16)24(26,27)28/h8-9,13-15,32H,6-7,10-12H2,1-5H3. The van der Waals surface area contributed by atoms with Crippen molar-refractivity contribution in [1.29, 1.82) is 0 Å². The molecule has 1 aliphatic carbocycles. The molecule has 0 bridgehead atoms. The first-order valence-electron chi connectivity index (χ1n) is 11.7. The number of benzene rings is 1. The Labute approximate surface area is 203 Å². The normalized spacial score (nSPS) is 16.0. The molecule has 0 atom stereocenters. The zero-order chi connectivity index (χ0) is 25.6. The molecular formula is C24H31F4N5OSi. The van der Waals surface area contributed by atoms with Gasteiger partial charge in [0.1, 0.15) is 18.0 Å². The summed E-state index contributed by atoms with van der Waals surface area (Å²) in [6.45, 7) is 11.7. The molecular weight excluding hydrogens is 478 g/mol. The van der Waals surface area contributed by atoms with E-state index >= 15 is 0 Å². The molecule has 2 heterocycles. The van der Waals surface area contributed by atoms with Crippen molar-refractivity contribution < 1.29 is 22.0 Å². The summed E-state index contributed by atoms with van der Waals surface area (Å²) in [6, 6.07) is 4.98. The number of hydrogen-bond acceptors (Lipinski definition) is 5. The molecule has 2 aromatic heterocycles. The molecule has 1 aromatic carbocycles. The van der Waals surface area contributed by atoms with Gasteiger partial charge in [0, 0.05) is 18.4 Å². The van der Waals surface area contributed by atoms with Crippen molar-refractivity contribution in [3.8, 4) is 0 Å². The van der Waals surface area contributed by atoms with E-state index in [1.54, 1.807) is 4.52 Å². The fraction of sp³-hybridized carbons (Fsp3) is 0.542. The van der Waals surface area contributed by atoms with Crippen molar-refractivity contribution >= 4 is 19.9 Å². The minimum atomic E-state index is -4.73. The van der Waals surface area contributed by atoms with Gasteiger partial charge in [-0.2, -0.15) is 27.8 Å². The van der Waals surface area contributed by atoms with Crippen molar-refractivity contribution in [3.63, 3.8) is 0 Å². The van der Waals surface area contributed by atoms with Crippen molar-refractivity contribution in [1.82, 2.24) is 19.6 Å². The second-order valence-electron chi connectivity index (χ2n) is 10.7. The second kappa shape index (κ2) is 8.84. The van der Waals surface area contributed by atoms with Gasteiger partial charge in [-0.25, -0.2) is 9.37 Å². The molecule has 6 nitrogen and oxygen atoms in total. The lowest BCUT2D eigenvalue weighted by Crippen LogP contribution is -2.41. The zero-order valence-electron chi connectivity index (χ0n) is 20.6. The molecule has 190 valence electrons. The van der Waals surface area contributed by atoms with E-state index in [9.17, 15) is 17.6 Å². The minimum absolute atomic E-state index is 0.138. The van der Waals surface area contributed by atoms with Crippen LogP contribution in [0.15, 0.2) is 30.6 Å². The average molecular weight is 510 g/mol. The van der Waals surface area contributed by atoms with Crippen LogP contribution in [0.3, 0.4) is 0 Å². The van der Waals surface area contributed by atoms with E-state index in [4.69, 9.17) is 4.43 Å². The lowest BCUT2D eigenvalue weighted by atomic mass is 10.0. The lowest BCUT2D eigenvalue weighted by molar-refractivity contribution is -0.140. The Hall–Kier alpha value is -2.53. The van der Waals surface area contributed by atoms with Gasteiger partial charge in [-0.05, 0) is 61.5 Å². The summed E-state index contributed by atoms with van der Waals surface area (Å²) < 4.78 is 61.0. The Morgan fingerprint density at radius 2 is 1.86 bits per heavy atom. The van der Waals surface area contributed by atoms with Gasteiger partial charge in [-0.1, -0.05) is 26.8 Å². The van der Waals surface area contributed by atoms with Crippen LogP contribution < -0.4 is 5.32 Å². The topological polar surface area (TPSA) is 64.3 Å². The van der Waals surface area contributed by atoms with Crippen LogP contribution in [-0.2, 0) is 22.6 Å². The molecule has 0 radical (unpaired) electrons. The predicted molar refractivity (Wildman–Crippen MR) is 128 cm³/mol. The van der Waals surface area contributed by atoms with Crippen LogP contribution in [0.5, 0.6) is 0 Å².